The molecule has 0 bridgehead atoms. The Morgan fingerprint density at radius 1 is 1.18 bits per heavy atom. The molecule has 0 spiro atoms. The summed E-state index contributed by atoms with van der Waals surface area (Å²) in [5.41, 5.74) is 5.83. The summed E-state index contributed by atoms with van der Waals surface area (Å²) in [6.07, 6.45) is 6.68. The van der Waals surface area contributed by atoms with Gasteiger partial charge >= 0.3 is 0 Å². The van der Waals surface area contributed by atoms with E-state index in [1.54, 1.807) is 0 Å². The van der Waals surface area contributed by atoms with Crippen LogP contribution in [0.4, 0.5) is 0 Å². The third-order valence-electron chi connectivity index (χ3n) is 2.70. The Labute approximate surface area is 70.4 Å². The monoisotopic (exact) mass is 155 g/mol. The molecule has 1 aliphatic rings. The summed E-state index contributed by atoms with van der Waals surface area (Å²) in [5.74, 6) is 1.85. The molecule has 0 aromatic carbocycles. The highest BCUT2D eigenvalue weighted by molar-refractivity contribution is 4.74. The average molecular weight is 155 g/mol. The van der Waals surface area contributed by atoms with Gasteiger partial charge in [0.25, 0.3) is 0 Å². The molecule has 0 aromatic heterocycles. The largest absolute Gasteiger partial charge is 0.328 e. The maximum atomic E-state index is 5.83. The predicted octanol–water partition coefficient (Wildman–Crippen LogP) is 2.55. The lowest BCUT2D eigenvalue weighted by Gasteiger charge is -2.27. The van der Waals surface area contributed by atoms with Crippen LogP contribution < -0.4 is 5.73 Å². The van der Waals surface area contributed by atoms with Gasteiger partial charge in [-0.1, -0.05) is 13.8 Å². The van der Waals surface area contributed by atoms with Gasteiger partial charge in [0.05, 0.1) is 0 Å². The topological polar surface area (TPSA) is 26.0 Å². The van der Waals surface area contributed by atoms with Crippen molar-refractivity contribution in [3.05, 3.63) is 0 Å². The van der Waals surface area contributed by atoms with Gasteiger partial charge in [-0.3, -0.25) is 0 Å². The Kier molecular flexibility index (Phi) is 3.38. The zero-order valence-corrected chi connectivity index (χ0v) is 7.84. The molecule has 0 saturated heterocycles. The van der Waals surface area contributed by atoms with E-state index in [0.29, 0.717) is 6.04 Å². The SMILES string of the molecule is CC(C)C[C@H]1CC[C@@H](N)CC1. The Bertz CT molecular complexity index is 101. The molecule has 0 aliphatic heterocycles. The zero-order valence-electron chi connectivity index (χ0n) is 7.84. The summed E-state index contributed by atoms with van der Waals surface area (Å²) in [6, 6.07) is 0.512. The molecule has 1 aliphatic carbocycles. The molecule has 1 heteroatoms. The summed E-state index contributed by atoms with van der Waals surface area (Å²) < 4.78 is 0. The number of hydrogen-bond donors (Lipinski definition) is 1. The van der Waals surface area contributed by atoms with Crippen molar-refractivity contribution in [3.63, 3.8) is 0 Å². The summed E-state index contributed by atoms with van der Waals surface area (Å²) in [7, 11) is 0. The van der Waals surface area contributed by atoms with Gasteiger partial charge in [0.1, 0.15) is 0 Å². The van der Waals surface area contributed by atoms with Crippen molar-refractivity contribution in [1.82, 2.24) is 0 Å². The molecule has 66 valence electrons. The fraction of sp³-hybridized carbons (Fsp3) is 1.00. The second kappa shape index (κ2) is 4.10. The molecule has 1 fully saturated rings. The lowest BCUT2D eigenvalue weighted by molar-refractivity contribution is 0.283. The van der Waals surface area contributed by atoms with Crippen molar-refractivity contribution >= 4 is 0 Å². The molecule has 0 aromatic rings. The van der Waals surface area contributed by atoms with E-state index in [1.165, 1.54) is 32.1 Å². The van der Waals surface area contributed by atoms with Crippen LogP contribution in [0.25, 0.3) is 0 Å². The number of hydrogen-bond acceptors (Lipinski definition) is 1. The predicted molar refractivity (Wildman–Crippen MR) is 49.4 cm³/mol. The van der Waals surface area contributed by atoms with Gasteiger partial charge in [0.2, 0.25) is 0 Å². The first-order valence-corrected chi connectivity index (χ1v) is 4.94. The van der Waals surface area contributed by atoms with Gasteiger partial charge in [-0.15, -0.1) is 0 Å². The number of rotatable bonds is 2. The van der Waals surface area contributed by atoms with Crippen molar-refractivity contribution in [3.8, 4) is 0 Å². The average Bonchev–Trinajstić information content (AvgIpc) is 1.93. The Balaban J connectivity index is 2.17. The minimum Gasteiger partial charge on any atom is -0.328 e. The van der Waals surface area contributed by atoms with E-state index in [4.69, 9.17) is 5.73 Å². The highest BCUT2D eigenvalue weighted by Crippen LogP contribution is 2.28. The van der Waals surface area contributed by atoms with Gasteiger partial charge in [-0.2, -0.15) is 0 Å². The van der Waals surface area contributed by atoms with Gasteiger partial charge < -0.3 is 5.73 Å². The van der Waals surface area contributed by atoms with E-state index in [2.05, 4.69) is 13.8 Å². The smallest absolute Gasteiger partial charge is 0.00390 e. The second-order valence-corrected chi connectivity index (χ2v) is 4.41. The molecular formula is C10H21N. The minimum absolute atomic E-state index is 0.512. The van der Waals surface area contributed by atoms with E-state index in [-0.39, 0.29) is 0 Å². The second-order valence-electron chi connectivity index (χ2n) is 4.41. The van der Waals surface area contributed by atoms with Crippen LogP contribution in [0, 0.1) is 11.8 Å². The molecule has 0 unspecified atom stereocenters. The molecule has 0 radical (unpaired) electrons. The molecule has 2 N–H and O–H groups in total. The molecule has 1 saturated carbocycles. The molecule has 1 rings (SSSR count). The van der Waals surface area contributed by atoms with Crippen LogP contribution >= 0.6 is 0 Å². The summed E-state index contributed by atoms with van der Waals surface area (Å²) in [5, 5.41) is 0. The first-order valence-electron chi connectivity index (χ1n) is 4.94. The summed E-state index contributed by atoms with van der Waals surface area (Å²) in [6.45, 7) is 4.63. The van der Waals surface area contributed by atoms with E-state index in [0.717, 1.165) is 11.8 Å². The maximum absolute atomic E-state index is 5.83. The third-order valence-corrected chi connectivity index (χ3v) is 2.70. The quantitative estimate of drug-likeness (QED) is 0.651. The van der Waals surface area contributed by atoms with Crippen LogP contribution in [-0.4, -0.2) is 6.04 Å². The first-order chi connectivity index (χ1) is 5.18. The van der Waals surface area contributed by atoms with Gasteiger partial charge in [0.15, 0.2) is 0 Å². The van der Waals surface area contributed by atoms with Crippen molar-refractivity contribution in [2.45, 2.75) is 52.0 Å². The lowest BCUT2D eigenvalue weighted by atomic mass is 9.82. The van der Waals surface area contributed by atoms with Crippen molar-refractivity contribution < 1.29 is 0 Å². The Hall–Kier alpha value is -0.0400. The lowest BCUT2D eigenvalue weighted by Crippen LogP contribution is -2.26. The zero-order chi connectivity index (χ0) is 8.27. The van der Waals surface area contributed by atoms with Gasteiger partial charge in [-0.25, -0.2) is 0 Å². The maximum Gasteiger partial charge on any atom is 0.00390 e. The van der Waals surface area contributed by atoms with Crippen molar-refractivity contribution in [2.75, 3.05) is 0 Å². The molecule has 1 nitrogen and oxygen atoms in total. The fourth-order valence-electron chi connectivity index (χ4n) is 2.09. The van der Waals surface area contributed by atoms with Crippen LogP contribution in [0.3, 0.4) is 0 Å². The first kappa shape index (κ1) is 9.05. The molecule has 0 amide bonds. The van der Waals surface area contributed by atoms with Crippen LogP contribution in [0.5, 0.6) is 0 Å². The fourth-order valence-corrected chi connectivity index (χ4v) is 2.09. The van der Waals surface area contributed by atoms with Crippen LogP contribution in [-0.2, 0) is 0 Å². The van der Waals surface area contributed by atoms with Gasteiger partial charge in [-0.05, 0) is 43.9 Å². The third kappa shape index (κ3) is 3.24. The Morgan fingerprint density at radius 3 is 2.18 bits per heavy atom. The van der Waals surface area contributed by atoms with E-state index in [9.17, 15) is 0 Å². The number of nitrogens with two attached hydrogens (primary N) is 1. The normalized spacial score (nSPS) is 32.7. The summed E-state index contributed by atoms with van der Waals surface area (Å²) >= 11 is 0. The Morgan fingerprint density at radius 2 is 1.73 bits per heavy atom. The molecule has 11 heavy (non-hydrogen) atoms. The summed E-state index contributed by atoms with van der Waals surface area (Å²) in [4.78, 5) is 0. The van der Waals surface area contributed by atoms with E-state index >= 15 is 0 Å². The van der Waals surface area contributed by atoms with E-state index in [1.807, 2.05) is 0 Å². The highest BCUT2D eigenvalue weighted by Gasteiger charge is 2.18. The van der Waals surface area contributed by atoms with Gasteiger partial charge in [0, 0.05) is 6.04 Å². The van der Waals surface area contributed by atoms with E-state index < -0.39 is 0 Å². The molecule has 0 atom stereocenters. The highest BCUT2D eigenvalue weighted by atomic mass is 14.6. The molecular weight excluding hydrogens is 134 g/mol. The standard InChI is InChI=1S/C10H21N/c1-8(2)7-9-3-5-10(11)6-4-9/h8-10H,3-7,11H2,1-2H3/t9-,10+. The van der Waals surface area contributed by atoms with Crippen molar-refractivity contribution in [2.24, 2.45) is 17.6 Å². The van der Waals surface area contributed by atoms with Crippen molar-refractivity contribution in [1.29, 1.82) is 0 Å². The van der Waals surface area contributed by atoms with Crippen LogP contribution in [0.1, 0.15) is 46.0 Å². The minimum atomic E-state index is 0.512. The van der Waals surface area contributed by atoms with Crippen LogP contribution in [0.15, 0.2) is 0 Å². The van der Waals surface area contributed by atoms with Crippen LogP contribution in [0.2, 0.25) is 0 Å². The molecule has 0 heterocycles.